The molecule has 1 heterocycles. The van der Waals surface area contributed by atoms with Crippen LogP contribution in [0.2, 0.25) is 0 Å². The summed E-state index contributed by atoms with van der Waals surface area (Å²) in [7, 11) is 1.62. The van der Waals surface area contributed by atoms with Crippen molar-refractivity contribution in [2.75, 3.05) is 19.0 Å². The number of carboxylic acid groups (broad SMARTS) is 1. The molecule has 0 spiro atoms. The van der Waals surface area contributed by atoms with Gasteiger partial charge in [-0.05, 0) is 6.42 Å². The molecule has 102 valence electrons. The molecule has 2 N–H and O–H groups in total. The van der Waals surface area contributed by atoms with Crippen LogP contribution in [0.4, 0.5) is 5.13 Å². The van der Waals surface area contributed by atoms with E-state index >= 15 is 0 Å². The van der Waals surface area contributed by atoms with Gasteiger partial charge in [-0.25, -0.2) is 9.78 Å². The summed E-state index contributed by atoms with van der Waals surface area (Å²) in [4.78, 5) is 15.3. The number of aliphatic carboxylic acids is 1. The number of methoxy groups -OCH3 is 1. The lowest BCUT2D eigenvalue weighted by Crippen LogP contribution is -2.29. The third-order valence-corrected chi connectivity index (χ3v) is 3.12. The van der Waals surface area contributed by atoms with E-state index in [1.54, 1.807) is 7.11 Å². The molecule has 1 atom stereocenters. The van der Waals surface area contributed by atoms with E-state index in [-0.39, 0.29) is 0 Å². The Kier molecular flexibility index (Phi) is 6.59. The van der Waals surface area contributed by atoms with E-state index in [0.29, 0.717) is 30.4 Å². The van der Waals surface area contributed by atoms with E-state index in [9.17, 15) is 4.79 Å². The minimum atomic E-state index is -0.850. The Morgan fingerprint density at radius 1 is 1.61 bits per heavy atom. The number of ether oxygens (including phenoxy) is 1. The molecule has 0 fully saturated rings. The largest absolute Gasteiger partial charge is 0.480 e. The van der Waals surface area contributed by atoms with Gasteiger partial charge in [-0.15, -0.1) is 0 Å². The third kappa shape index (κ3) is 4.97. The normalized spacial score (nSPS) is 12.3. The molecule has 0 bridgehead atoms. The molecule has 1 aromatic rings. The van der Waals surface area contributed by atoms with Crippen molar-refractivity contribution in [1.29, 1.82) is 0 Å². The molecule has 0 aliphatic rings. The summed E-state index contributed by atoms with van der Waals surface area (Å²) < 4.78 is 9.08. The Hall–Kier alpha value is -1.21. The highest BCUT2D eigenvalue weighted by atomic mass is 32.1. The van der Waals surface area contributed by atoms with Gasteiger partial charge in [0.2, 0.25) is 5.13 Å². The molecule has 0 saturated carbocycles. The van der Waals surface area contributed by atoms with Crippen molar-refractivity contribution in [2.45, 2.75) is 38.6 Å². The van der Waals surface area contributed by atoms with E-state index in [0.717, 1.165) is 12.8 Å². The number of anilines is 1. The van der Waals surface area contributed by atoms with Gasteiger partial charge in [0.1, 0.15) is 11.9 Å². The fraction of sp³-hybridized carbons (Fsp3) is 0.727. The Bertz CT molecular complexity index is 370. The van der Waals surface area contributed by atoms with Gasteiger partial charge in [-0.2, -0.15) is 4.37 Å². The Morgan fingerprint density at radius 3 is 3.00 bits per heavy atom. The average Bonchev–Trinajstić information content (AvgIpc) is 2.79. The van der Waals surface area contributed by atoms with Gasteiger partial charge in [0.15, 0.2) is 0 Å². The van der Waals surface area contributed by atoms with Crippen LogP contribution in [0.25, 0.3) is 0 Å². The summed E-state index contributed by atoms with van der Waals surface area (Å²) in [6, 6.07) is -0.590. The second-order valence-corrected chi connectivity index (χ2v) is 4.69. The summed E-state index contributed by atoms with van der Waals surface area (Å²) in [5, 5.41) is 12.6. The molecule has 0 amide bonds. The van der Waals surface area contributed by atoms with Crippen LogP contribution in [0.15, 0.2) is 0 Å². The summed E-state index contributed by atoms with van der Waals surface area (Å²) >= 11 is 1.19. The predicted molar refractivity (Wildman–Crippen MR) is 70.1 cm³/mol. The van der Waals surface area contributed by atoms with Crippen molar-refractivity contribution < 1.29 is 14.6 Å². The maximum absolute atomic E-state index is 11.1. The predicted octanol–water partition coefficient (Wildman–Crippen LogP) is 1.78. The second-order valence-electron chi connectivity index (χ2n) is 3.94. The van der Waals surface area contributed by atoms with Gasteiger partial charge in [0.25, 0.3) is 0 Å². The number of aromatic nitrogens is 2. The molecule has 1 aromatic heterocycles. The number of carbonyl (C=O) groups is 1. The van der Waals surface area contributed by atoms with Crippen molar-refractivity contribution in [3.63, 3.8) is 0 Å². The van der Waals surface area contributed by atoms with Crippen LogP contribution in [-0.2, 0) is 16.0 Å². The molecule has 1 rings (SSSR count). The lowest BCUT2D eigenvalue weighted by molar-refractivity contribution is -0.138. The molecule has 1 unspecified atom stereocenters. The summed E-state index contributed by atoms with van der Waals surface area (Å²) in [6.07, 6.45) is 3.08. The molecule has 18 heavy (non-hydrogen) atoms. The van der Waals surface area contributed by atoms with E-state index < -0.39 is 12.0 Å². The van der Waals surface area contributed by atoms with Gasteiger partial charge < -0.3 is 15.2 Å². The quantitative estimate of drug-likeness (QED) is 0.713. The molecule has 0 aliphatic heterocycles. The minimum Gasteiger partial charge on any atom is -0.480 e. The molecule has 7 heteroatoms. The van der Waals surface area contributed by atoms with Crippen LogP contribution in [0.3, 0.4) is 0 Å². The van der Waals surface area contributed by atoms with Crippen LogP contribution >= 0.6 is 11.5 Å². The maximum atomic E-state index is 11.1. The number of carboxylic acids is 1. The van der Waals surface area contributed by atoms with Crippen molar-refractivity contribution >= 4 is 22.6 Å². The lowest BCUT2D eigenvalue weighted by atomic mass is 10.1. The zero-order valence-corrected chi connectivity index (χ0v) is 11.5. The van der Waals surface area contributed by atoms with Gasteiger partial charge in [0.05, 0.1) is 6.61 Å². The minimum absolute atomic E-state index is 0.560. The third-order valence-electron chi connectivity index (χ3n) is 2.44. The second kappa shape index (κ2) is 7.99. The Morgan fingerprint density at radius 2 is 2.39 bits per heavy atom. The standard InChI is InChI=1S/C11H19N3O3S/c1-3-4-5-8(10(15)16)12-11-13-9(14-18-11)6-7-17-2/h8H,3-7H2,1-2H3,(H,15,16)(H,12,13,14). The zero-order chi connectivity index (χ0) is 13.4. The van der Waals surface area contributed by atoms with Crippen molar-refractivity contribution in [2.24, 2.45) is 0 Å². The van der Waals surface area contributed by atoms with Crippen molar-refractivity contribution in [1.82, 2.24) is 9.36 Å². The topological polar surface area (TPSA) is 84.3 Å². The van der Waals surface area contributed by atoms with Crippen LogP contribution in [0.1, 0.15) is 32.0 Å². The molecular weight excluding hydrogens is 254 g/mol. The average molecular weight is 273 g/mol. The summed E-state index contributed by atoms with van der Waals surface area (Å²) in [5.74, 6) is -0.166. The highest BCUT2D eigenvalue weighted by molar-refractivity contribution is 7.09. The molecule has 0 aliphatic carbocycles. The Balaban J connectivity index is 2.52. The fourth-order valence-corrected chi connectivity index (χ4v) is 2.09. The summed E-state index contributed by atoms with van der Waals surface area (Å²) in [5.41, 5.74) is 0. The lowest BCUT2D eigenvalue weighted by Gasteiger charge is -2.12. The molecule has 6 nitrogen and oxygen atoms in total. The van der Waals surface area contributed by atoms with Crippen LogP contribution < -0.4 is 5.32 Å². The van der Waals surface area contributed by atoms with Gasteiger partial charge in [-0.3, -0.25) is 0 Å². The van der Waals surface area contributed by atoms with E-state index in [1.807, 2.05) is 6.92 Å². The van der Waals surface area contributed by atoms with Crippen LogP contribution in [0.5, 0.6) is 0 Å². The number of hydrogen-bond acceptors (Lipinski definition) is 6. The highest BCUT2D eigenvalue weighted by Gasteiger charge is 2.18. The molecule has 0 aromatic carbocycles. The van der Waals surface area contributed by atoms with Gasteiger partial charge in [-0.1, -0.05) is 19.8 Å². The van der Waals surface area contributed by atoms with Crippen LogP contribution in [-0.4, -0.2) is 40.2 Å². The number of hydrogen-bond donors (Lipinski definition) is 2. The summed E-state index contributed by atoms with van der Waals surface area (Å²) in [6.45, 7) is 2.60. The maximum Gasteiger partial charge on any atom is 0.326 e. The van der Waals surface area contributed by atoms with E-state index in [4.69, 9.17) is 9.84 Å². The first-order chi connectivity index (χ1) is 8.67. The van der Waals surface area contributed by atoms with Crippen molar-refractivity contribution in [3.05, 3.63) is 5.82 Å². The molecule has 0 radical (unpaired) electrons. The van der Waals surface area contributed by atoms with Gasteiger partial charge >= 0.3 is 5.97 Å². The number of nitrogens with one attached hydrogen (secondary N) is 1. The number of unbranched alkanes of at least 4 members (excludes halogenated alkanes) is 1. The smallest absolute Gasteiger partial charge is 0.326 e. The first kappa shape index (κ1) is 14.8. The van der Waals surface area contributed by atoms with E-state index in [1.165, 1.54) is 11.5 Å². The number of nitrogens with zero attached hydrogens (tertiary/aromatic N) is 2. The first-order valence-corrected chi connectivity index (χ1v) is 6.75. The van der Waals surface area contributed by atoms with Crippen LogP contribution in [0, 0.1) is 0 Å². The Labute approximate surface area is 111 Å². The van der Waals surface area contributed by atoms with Crippen molar-refractivity contribution in [3.8, 4) is 0 Å². The molecular formula is C11H19N3O3S. The van der Waals surface area contributed by atoms with Gasteiger partial charge in [0, 0.05) is 25.1 Å². The first-order valence-electron chi connectivity index (χ1n) is 5.98. The monoisotopic (exact) mass is 273 g/mol. The zero-order valence-electron chi connectivity index (χ0n) is 10.7. The van der Waals surface area contributed by atoms with E-state index in [2.05, 4.69) is 14.7 Å². The SMILES string of the molecule is CCCCC(Nc1nc(CCOC)ns1)C(=O)O. The fourth-order valence-electron chi connectivity index (χ4n) is 1.42. The number of rotatable bonds is 9. The molecule has 0 saturated heterocycles. The highest BCUT2D eigenvalue weighted by Crippen LogP contribution is 2.15.